The summed E-state index contributed by atoms with van der Waals surface area (Å²) in [6.45, 7) is -0.0471. The van der Waals surface area contributed by atoms with Crippen molar-refractivity contribution in [1.82, 2.24) is 5.32 Å². The summed E-state index contributed by atoms with van der Waals surface area (Å²) in [6.07, 6.45) is 1.70. The van der Waals surface area contributed by atoms with Crippen LogP contribution in [0.1, 0.15) is 21.3 Å². The molecule has 2 atom stereocenters. The maximum atomic E-state index is 12.6. The van der Waals surface area contributed by atoms with Crippen molar-refractivity contribution in [3.8, 4) is 0 Å². The van der Waals surface area contributed by atoms with Gasteiger partial charge in [-0.3, -0.25) is 4.79 Å². The number of thiophene rings is 1. The van der Waals surface area contributed by atoms with E-state index in [9.17, 15) is 9.90 Å². The second kappa shape index (κ2) is 7.31. The van der Waals surface area contributed by atoms with Crippen LogP contribution < -0.4 is 5.32 Å². The van der Waals surface area contributed by atoms with Gasteiger partial charge in [0, 0.05) is 4.88 Å². The Kier molecular flexibility index (Phi) is 5.18. The van der Waals surface area contributed by atoms with Crippen LogP contribution in [0, 0.1) is 0 Å². The standard InChI is InChI=1S/C17H19NO2S2/c19-11-13(10-12-4-2-1-3-5-12)18-17(20)16-14-6-8-21-15(14)7-9-22-16/h1-6,8,13,16,19H,7,9-11H2,(H,18,20). The van der Waals surface area contributed by atoms with Crippen molar-refractivity contribution in [2.45, 2.75) is 24.1 Å². The van der Waals surface area contributed by atoms with Crippen molar-refractivity contribution in [3.05, 3.63) is 57.8 Å². The van der Waals surface area contributed by atoms with E-state index in [0.29, 0.717) is 6.42 Å². The number of thioether (sulfide) groups is 1. The van der Waals surface area contributed by atoms with Gasteiger partial charge in [-0.2, -0.15) is 0 Å². The summed E-state index contributed by atoms with van der Waals surface area (Å²) in [5, 5.41) is 14.5. The first kappa shape index (κ1) is 15.6. The fourth-order valence-corrected chi connectivity index (χ4v) is 5.00. The predicted octanol–water partition coefficient (Wildman–Crippen LogP) is 2.80. The molecule has 0 aliphatic carbocycles. The second-order valence-electron chi connectivity index (χ2n) is 5.38. The summed E-state index contributed by atoms with van der Waals surface area (Å²) in [5.41, 5.74) is 2.27. The molecule has 3 rings (SSSR count). The van der Waals surface area contributed by atoms with E-state index < -0.39 is 0 Å². The summed E-state index contributed by atoms with van der Waals surface area (Å²) in [5.74, 6) is 0.994. The minimum atomic E-state index is -0.237. The van der Waals surface area contributed by atoms with E-state index in [1.54, 1.807) is 23.1 Å². The van der Waals surface area contributed by atoms with Gasteiger partial charge in [-0.1, -0.05) is 30.3 Å². The van der Waals surface area contributed by atoms with Crippen molar-refractivity contribution in [2.75, 3.05) is 12.4 Å². The third-order valence-corrected chi connectivity index (χ3v) is 6.04. The molecule has 0 saturated carbocycles. The number of aryl methyl sites for hydroxylation is 1. The largest absolute Gasteiger partial charge is 0.394 e. The number of hydrogen-bond donors (Lipinski definition) is 2. The zero-order valence-corrected chi connectivity index (χ0v) is 13.8. The molecule has 3 nitrogen and oxygen atoms in total. The zero-order valence-electron chi connectivity index (χ0n) is 12.2. The highest BCUT2D eigenvalue weighted by molar-refractivity contribution is 8.00. The molecule has 0 fully saturated rings. The number of nitrogens with one attached hydrogen (secondary N) is 1. The molecule has 5 heteroatoms. The smallest absolute Gasteiger partial charge is 0.237 e. The molecular weight excluding hydrogens is 314 g/mol. The van der Waals surface area contributed by atoms with Gasteiger partial charge >= 0.3 is 0 Å². The van der Waals surface area contributed by atoms with Crippen molar-refractivity contribution in [3.63, 3.8) is 0 Å². The topological polar surface area (TPSA) is 49.3 Å². The molecule has 1 aromatic heterocycles. The van der Waals surface area contributed by atoms with E-state index in [2.05, 4.69) is 16.8 Å². The Morgan fingerprint density at radius 1 is 1.32 bits per heavy atom. The van der Waals surface area contributed by atoms with Crippen LogP contribution in [0.25, 0.3) is 0 Å². The Morgan fingerprint density at radius 3 is 2.91 bits per heavy atom. The van der Waals surface area contributed by atoms with Crippen LogP contribution in [0.5, 0.6) is 0 Å². The lowest BCUT2D eigenvalue weighted by atomic mass is 10.1. The highest BCUT2D eigenvalue weighted by atomic mass is 32.2. The van der Waals surface area contributed by atoms with Crippen LogP contribution in [-0.2, 0) is 17.6 Å². The fourth-order valence-electron chi connectivity index (χ4n) is 2.70. The summed E-state index contributed by atoms with van der Waals surface area (Å²) in [6, 6.07) is 11.8. The van der Waals surface area contributed by atoms with Crippen LogP contribution in [0.3, 0.4) is 0 Å². The molecule has 116 valence electrons. The second-order valence-corrected chi connectivity index (χ2v) is 7.59. The molecule has 0 saturated heterocycles. The highest BCUT2D eigenvalue weighted by Gasteiger charge is 2.29. The van der Waals surface area contributed by atoms with Crippen LogP contribution >= 0.6 is 23.1 Å². The average Bonchev–Trinajstić information content (AvgIpc) is 3.03. The molecule has 1 amide bonds. The molecule has 0 spiro atoms. The third-order valence-electron chi connectivity index (χ3n) is 3.81. The molecule has 0 radical (unpaired) electrons. The first-order chi connectivity index (χ1) is 10.8. The van der Waals surface area contributed by atoms with Gasteiger partial charge in [0.1, 0.15) is 5.25 Å². The van der Waals surface area contributed by atoms with Crippen LogP contribution in [-0.4, -0.2) is 29.4 Å². The predicted molar refractivity (Wildman–Crippen MR) is 92.4 cm³/mol. The molecule has 2 heterocycles. The molecular formula is C17H19NO2S2. The van der Waals surface area contributed by atoms with E-state index in [4.69, 9.17) is 0 Å². The van der Waals surface area contributed by atoms with E-state index in [1.165, 1.54) is 4.88 Å². The Labute approximate surface area is 138 Å². The van der Waals surface area contributed by atoms with E-state index >= 15 is 0 Å². The summed E-state index contributed by atoms with van der Waals surface area (Å²) < 4.78 is 0. The van der Waals surface area contributed by atoms with E-state index in [0.717, 1.165) is 23.3 Å². The number of rotatable bonds is 5. The maximum absolute atomic E-state index is 12.6. The Morgan fingerprint density at radius 2 is 2.14 bits per heavy atom. The molecule has 2 N–H and O–H groups in total. The number of hydrogen-bond acceptors (Lipinski definition) is 4. The molecule has 22 heavy (non-hydrogen) atoms. The SMILES string of the molecule is O=C(NC(CO)Cc1ccccc1)C1SCCc2sccc21. The minimum absolute atomic E-state index is 0.0133. The van der Waals surface area contributed by atoms with Gasteiger partial charge in [0.05, 0.1) is 12.6 Å². The minimum Gasteiger partial charge on any atom is -0.394 e. The Bertz CT molecular complexity index is 627. The number of amides is 1. The molecule has 0 bridgehead atoms. The van der Waals surface area contributed by atoms with Gasteiger partial charge in [-0.15, -0.1) is 23.1 Å². The highest BCUT2D eigenvalue weighted by Crippen LogP contribution is 2.39. The van der Waals surface area contributed by atoms with Gasteiger partial charge in [0.2, 0.25) is 5.91 Å². The first-order valence-electron chi connectivity index (χ1n) is 7.41. The quantitative estimate of drug-likeness (QED) is 0.884. The normalized spacial score (nSPS) is 18.5. The summed E-state index contributed by atoms with van der Waals surface area (Å²) in [4.78, 5) is 13.9. The van der Waals surface area contributed by atoms with Crippen molar-refractivity contribution >= 4 is 29.0 Å². The number of aliphatic hydroxyl groups excluding tert-OH is 1. The lowest BCUT2D eigenvalue weighted by Crippen LogP contribution is -2.41. The van der Waals surface area contributed by atoms with Crippen LogP contribution in [0.4, 0.5) is 0 Å². The lowest BCUT2D eigenvalue weighted by Gasteiger charge is -2.24. The number of benzene rings is 1. The third kappa shape index (κ3) is 3.54. The fraction of sp³-hybridized carbons (Fsp3) is 0.353. The molecule has 1 aliphatic heterocycles. The average molecular weight is 333 g/mol. The molecule has 2 unspecified atom stereocenters. The van der Waals surface area contributed by atoms with Gasteiger partial charge in [-0.25, -0.2) is 0 Å². The summed E-state index contributed by atoms with van der Waals surface area (Å²) >= 11 is 3.42. The Balaban J connectivity index is 1.66. The van der Waals surface area contributed by atoms with Crippen LogP contribution in [0.15, 0.2) is 41.8 Å². The van der Waals surface area contributed by atoms with Crippen molar-refractivity contribution in [1.29, 1.82) is 0 Å². The lowest BCUT2D eigenvalue weighted by molar-refractivity contribution is -0.121. The summed E-state index contributed by atoms with van der Waals surface area (Å²) in [7, 11) is 0. The first-order valence-corrected chi connectivity index (χ1v) is 9.34. The maximum Gasteiger partial charge on any atom is 0.237 e. The molecule has 1 aromatic carbocycles. The zero-order chi connectivity index (χ0) is 15.4. The van der Waals surface area contributed by atoms with Gasteiger partial charge in [0.25, 0.3) is 0 Å². The number of fused-ring (bicyclic) bond motifs is 1. The van der Waals surface area contributed by atoms with Gasteiger partial charge in [0.15, 0.2) is 0 Å². The van der Waals surface area contributed by atoms with Crippen LogP contribution in [0.2, 0.25) is 0 Å². The monoisotopic (exact) mass is 333 g/mol. The van der Waals surface area contributed by atoms with Gasteiger partial charge < -0.3 is 10.4 Å². The molecule has 1 aliphatic rings. The Hall–Kier alpha value is -1.30. The van der Waals surface area contributed by atoms with E-state index in [1.807, 2.05) is 30.3 Å². The number of carbonyl (C=O) groups excluding carboxylic acids is 1. The van der Waals surface area contributed by atoms with Crippen molar-refractivity contribution in [2.24, 2.45) is 0 Å². The van der Waals surface area contributed by atoms with Gasteiger partial charge in [-0.05, 0) is 41.2 Å². The van der Waals surface area contributed by atoms with Crippen molar-refractivity contribution < 1.29 is 9.90 Å². The molecule has 2 aromatic rings. The number of carbonyl (C=O) groups is 1. The van der Waals surface area contributed by atoms with E-state index in [-0.39, 0.29) is 23.8 Å². The number of aliphatic hydroxyl groups is 1.